The van der Waals surface area contributed by atoms with Gasteiger partial charge in [-0.15, -0.1) is 0 Å². The van der Waals surface area contributed by atoms with Crippen molar-refractivity contribution in [2.45, 2.75) is 31.8 Å². The number of carboxylic acid groups (broad SMARTS) is 1. The van der Waals surface area contributed by atoms with E-state index in [9.17, 15) is 9.59 Å². The van der Waals surface area contributed by atoms with Crippen LogP contribution in [0.3, 0.4) is 0 Å². The van der Waals surface area contributed by atoms with Gasteiger partial charge in [0, 0.05) is 6.42 Å². The van der Waals surface area contributed by atoms with E-state index in [-0.39, 0.29) is 19.4 Å². The Bertz CT molecular complexity index is 1060. The van der Waals surface area contributed by atoms with Gasteiger partial charge in [-0.2, -0.15) is 0 Å². The Morgan fingerprint density at radius 2 is 1.38 bits per heavy atom. The molecule has 0 aliphatic heterocycles. The summed E-state index contributed by atoms with van der Waals surface area (Å²) in [5.74, 6) is -0.793. The highest BCUT2D eigenvalue weighted by Gasteiger charge is 2.37. The molecule has 3 rings (SSSR count). The molecule has 0 bridgehead atoms. The second kappa shape index (κ2) is 12.0. The highest BCUT2D eigenvalue weighted by Crippen LogP contribution is 2.41. The van der Waals surface area contributed by atoms with Crippen molar-refractivity contribution in [1.82, 2.24) is 0 Å². The Morgan fingerprint density at radius 3 is 1.97 bits per heavy atom. The summed E-state index contributed by atoms with van der Waals surface area (Å²) >= 11 is 0. The Morgan fingerprint density at radius 1 is 0.794 bits per heavy atom. The largest absolute Gasteiger partial charge is 0.497 e. The summed E-state index contributed by atoms with van der Waals surface area (Å²) in [6, 6.07) is 26.1. The lowest BCUT2D eigenvalue weighted by Gasteiger charge is -2.36. The standard InChI is InChI=1S/C28H30O6/c1-21-9-11-23(12-10-21)28(22-7-4-3-5-8-22,24-13-15-25(32-2)16-14-24)34-20-6-19-33-27(31)18-17-26(29)30/h3-5,7-16H,6,17-20H2,1-2H3,(H,29,30). The van der Waals surface area contributed by atoms with Crippen molar-refractivity contribution in [3.05, 3.63) is 101 Å². The van der Waals surface area contributed by atoms with Crippen LogP contribution in [0.2, 0.25) is 0 Å². The minimum atomic E-state index is -1.02. The summed E-state index contributed by atoms with van der Waals surface area (Å²) in [7, 11) is 1.63. The average molecular weight is 463 g/mol. The van der Waals surface area contributed by atoms with Crippen molar-refractivity contribution in [3.8, 4) is 5.75 Å². The van der Waals surface area contributed by atoms with Crippen LogP contribution in [-0.2, 0) is 24.7 Å². The van der Waals surface area contributed by atoms with Crippen molar-refractivity contribution < 1.29 is 28.9 Å². The van der Waals surface area contributed by atoms with E-state index in [0.717, 1.165) is 28.0 Å². The lowest BCUT2D eigenvalue weighted by molar-refractivity contribution is -0.148. The maximum atomic E-state index is 11.7. The van der Waals surface area contributed by atoms with Gasteiger partial charge in [-0.05, 0) is 35.7 Å². The van der Waals surface area contributed by atoms with E-state index in [0.29, 0.717) is 13.0 Å². The number of aryl methyl sites for hydroxylation is 1. The number of carbonyl (C=O) groups excluding carboxylic acids is 1. The van der Waals surface area contributed by atoms with Gasteiger partial charge in [-0.3, -0.25) is 9.59 Å². The van der Waals surface area contributed by atoms with Crippen molar-refractivity contribution in [2.24, 2.45) is 0 Å². The Labute approximate surface area is 200 Å². The normalized spacial score (nSPS) is 12.5. The number of carboxylic acids is 1. The number of carbonyl (C=O) groups is 2. The summed E-state index contributed by atoms with van der Waals surface area (Å²) < 4.78 is 17.2. The van der Waals surface area contributed by atoms with Crippen molar-refractivity contribution in [1.29, 1.82) is 0 Å². The number of rotatable bonds is 12. The van der Waals surface area contributed by atoms with E-state index in [4.69, 9.17) is 19.3 Å². The van der Waals surface area contributed by atoms with Crippen LogP contribution in [0, 0.1) is 6.92 Å². The predicted molar refractivity (Wildman–Crippen MR) is 129 cm³/mol. The molecule has 34 heavy (non-hydrogen) atoms. The maximum absolute atomic E-state index is 11.7. The molecule has 0 spiro atoms. The number of ether oxygens (including phenoxy) is 3. The smallest absolute Gasteiger partial charge is 0.306 e. The van der Waals surface area contributed by atoms with Crippen LogP contribution in [0.4, 0.5) is 0 Å². The van der Waals surface area contributed by atoms with Gasteiger partial charge in [0.05, 0.1) is 33.2 Å². The van der Waals surface area contributed by atoms with Crippen LogP contribution in [0.5, 0.6) is 5.75 Å². The van der Waals surface area contributed by atoms with E-state index >= 15 is 0 Å². The Balaban J connectivity index is 1.88. The van der Waals surface area contributed by atoms with Crippen molar-refractivity contribution in [3.63, 3.8) is 0 Å². The lowest BCUT2D eigenvalue weighted by atomic mass is 9.79. The minimum Gasteiger partial charge on any atom is -0.497 e. The molecule has 3 aromatic carbocycles. The quantitative estimate of drug-likeness (QED) is 0.229. The maximum Gasteiger partial charge on any atom is 0.306 e. The molecule has 3 aromatic rings. The highest BCUT2D eigenvalue weighted by molar-refractivity contribution is 5.76. The van der Waals surface area contributed by atoms with Crippen LogP contribution < -0.4 is 4.74 Å². The van der Waals surface area contributed by atoms with Gasteiger partial charge in [-0.25, -0.2) is 0 Å². The molecule has 0 aliphatic rings. The van der Waals surface area contributed by atoms with Crippen LogP contribution in [-0.4, -0.2) is 37.4 Å². The molecule has 0 fully saturated rings. The highest BCUT2D eigenvalue weighted by atomic mass is 16.5. The second-order valence-corrected chi connectivity index (χ2v) is 7.96. The molecule has 0 radical (unpaired) electrons. The molecule has 1 N–H and O–H groups in total. The number of methoxy groups -OCH3 is 1. The fourth-order valence-electron chi connectivity index (χ4n) is 3.79. The first kappa shape index (κ1) is 25.0. The van der Waals surface area contributed by atoms with Crippen LogP contribution in [0.25, 0.3) is 0 Å². The van der Waals surface area contributed by atoms with Crippen molar-refractivity contribution >= 4 is 11.9 Å². The monoisotopic (exact) mass is 462 g/mol. The summed E-state index contributed by atoms with van der Waals surface area (Å²) in [4.78, 5) is 22.3. The molecular formula is C28H30O6. The zero-order valence-corrected chi connectivity index (χ0v) is 19.5. The summed E-state index contributed by atoms with van der Waals surface area (Å²) in [6.07, 6.45) is 0.0894. The van der Waals surface area contributed by atoms with E-state index in [2.05, 4.69) is 24.3 Å². The van der Waals surface area contributed by atoms with Gasteiger partial charge >= 0.3 is 11.9 Å². The molecule has 178 valence electrons. The minimum absolute atomic E-state index is 0.140. The van der Waals surface area contributed by atoms with Crippen LogP contribution in [0.1, 0.15) is 41.5 Å². The summed E-state index contributed by atoms with van der Waals surface area (Å²) in [5.41, 5.74) is 3.17. The molecule has 0 saturated carbocycles. The zero-order valence-electron chi connectivity index (χ0n) is 19.5. The first-order chi connectivity index (χ1) is 16.5. The molecule has 6 nitrogen and oxygen atoms in total. The summed E-state index contributed by atoms with van der Waals surface area (Å²) in [6.45, 7) is 2.52. The molecule has 0 aliphatic carbocycles. The molecule has 0 aromatic heterocycles. The third-order valence-electron chi connectivity index (χ3n) is 5.55. The van der Waals surface area contributed by atoms with E-state index in [1.54, 1.807) is 7.11 Å². The van der Waals surface area contributed by atoms with Gasteiger partial charge in [-0.1, -0.05) is 72.3 Å². The van der Waals surface area contributed by atoms with Gasteiger partial charge in [0.15, 0.2) is 0 Å². The number of benzene rings is 3. The fraction of sp³-hybridized carbons (Fsp3) is 0.286. The third-order valence-corrected chi connectivity index (χ3v) is 5.55. The molecule has 0 saturated heterocycles. The number of hydrogen-bond donors (Lipinski definition) is 1. The van der Waals surface area contributed by atoms with E-state index in [1.807, 2.05) is 61.5 Å². The molecule has 6 heteroatoms. The predicted octanol–water partition coefficient (Wildman–Crippen LogP) is 5.11. The van der Waals surface area contributed by atoms with Gasteiger partial charge in [0.1, 0.15) is 11.4 Å². The zero-order chi connectivity index (χ0) is 24.4. The van der Waals surface area contributed by atoms with E-state index < -0.39 is 17.5 Å². The fourth-order valence-corrected chi connectivity index (χ4v) is 3.79. The van der Waals surface area contributed by atoms with Crippen molar-refractivity contribution in [2.75, 3.05) is 20.3 Å². The van der Waals surface area contributed by atoms with E-state index in [1.165, 1.54) is 0 Å². The molecule has 1 atom stereocenters. The number of aliphatic carboxylic acids is 1. The topological polar surface area (TPSA) is 82.1 Å². The molecule has 1 unspecified atom stereocenters. The summed E-state index contributed by atoms with van der Waals surface area (Å²) in [5, 5.41) is 8.70. The first-order valence-electron chi connectivity index (χ1n) is 11.2. The molecular weight excluding hydrogens is 432 g/mol. The van der Waals surface area contributed by atoms with Gasteiger partial charge in [0.25, 0.3) is 0 Å². The van der Waals surface area contributed by atoms with Gasteiger partial charge in [0.2, 0.25) is 0 Å². The lowest BCUT2D eigenvalue weighted by Crippen LogP contribution is -2.33. The SMILES string of the molecule is COc1ccc(C(OCCCOC(=O)CCC(=O)O)(c2ccccc2)c2ccc(C)cc2)cc1. The molecule has 0 amide bonds. The second-order valence-electron chi connectivity index (χ2n) is 7.96. The number of esters is 1. The van der Waals surface area contributed by atoms with Gasteiger partial charge < -0.3 is 19.3 Å². The van der Waals surface area contributed by atoms with Crippen LogP contribution >= 0.6 is 0 Å². The number of hydrogen-bond acceptors (Lipinski definition) is 5. The average Bonchev–Trinajstić information content (AvgIpc) is 2.86. The van der Waals surface area contributed by atoms with Crippen LogP contribution in [0.15, 0.2) is 78.9 Å². The third kappa shape index (κ3) is 6.23. The first-order valence-corrected chi connectivity index (χ1v) is 11.2. The Hall–Kier alpha value is -3.64. The Kier molecular flexibility index (Phi) is 8.82. The molecule has 0 heterocycles.